The Kier molecular flexibility index (Phi) is 7.37. The summed E-state index contributed by atoms with van der Waals surface area (Å²) in [5, 5.41) is 11.9. The van der Waals surface area contributed by atoms with Crippen molar-refractivity contribution in [2.45, 2.75) is 64.6 Å². The molecular weight excluding hydrogens is 380 g/mol. The number of hydroxylamine groups is 1. The summed E-state index contributed by atoms with van der Waals surface area (Å²) in [7, 11) is -3.66. The molecule has 0 atom stereocenters. The van der Waals surface area contributed by atoms with E-state index in [0.717, 1.165) is 11.1 Å². The zero-order valence-electron chi connectivity index (χ0n) is 17.7. The van der Waals surface area contributed by atoms with Crippen LogP contribution in [0.2, 0.25) is 43.8 Å². The molecule has 0 heterocycles. The van der Waals surface area contributed by atoms with Gasteiger partial charge in [-0.3, -0.25) is 10.1 Å². The van der Waals surface area contributed by atoms with Crippen LogP contribution in [0.25, 0.3) is 0 Å². The van der Waals surface area contributed by atoms with Gasteiger partial charge in [0.05, 0.1) is 17.2 Å². The molecule has 0 N–H and O–H groups in total. The van der Waals surface area contributed by atoms with E-state index in [0.29, 0.717) is 12.3 Å². The van der Waals surface area contributed by atoms with E-state index in [2.05, 4.69) is 40.4 Å². The van der Waals surface area contributed by atoms with Crippen molar-refractivity contribution < 1.29 is 19.0 Å². The van der Waals surface area contributed by atoms with Crippen LogP contribution in [0, 0.1) is 10.1 Å². The number of carbonyl (C=O) groups is 1. The van der Waals surface area contributed by atoms with Gasteiger partial charge in [-0.1, -0.05) is 40.4 Å². The number of non-ortho nitro benzene ring substituents is 1. The lowest BCUT2D eigenvalue weighted by Crippen LogP contribution is -2.49. The maximum absolute atomic E-state index is 12.7. The first-order valence-electron chi connectivity index (χ1n) is 9.04. The highest BCUT2D eigenvalue weighted by molar-refractivity contribution is 6.76. The average molecular weight is 413 g/mol. The second-order valence-corrected chi connectivity index (χ2v) is 19.7. The number of anilines is 1. The van der Waals surface area contributed by atoms with Crippen LogP contribution in [-0.4, -0.2) is 34.0 Å². The number of nitro benzene ring substituents is 1. The van der Waals surface area contributed by atoms with Crippen LogP contribution >= 0.6 is 0 Å². The van der Waals surface area contributed by atoms with Crippen molar-refractivity contribution in [3.63, 3.8) is 0 Å². The third-order valence-electron chi connectivity index (χ3n) is 4.66. The molecule has 1 rings (SSSR count). The highest BCUT2D eigenvalue weighted by atomic mass is 28.4. The van der Waals surface area contributed by atoms with Gasteiger partial charge in [0, 0.05) is 20.2 Å². The molecule has 1 aromatic carbocycles. The van der Waals surface area contributed by atoms with Crippen molar-refractivity contribution in [3.8, 4) is 0 Å². The molecule has 0 aliphatic heterocycles. The van der Waals surface area contributed by atoms with Crippen LogP contribution in [-0.2, 0) is 9.26 Å². The summed E-state index contributed by atoms with van der Waals surface area (Å²) in [5.41, 5.74) is 0.376. The fraction of sp³-hybridized carbons (Fsp3) is 0.611. The summed E-state index contributed by atoms with van der Waals surface area (Å²) in [4.78, 5) is 23.1. The summed E-state index contributed by atoms with van der Waals surface area (Å²) in [6.45, 7) is 17.2. The topological polar surface area (TPSA) is 81.9 Å². The van der Waals surface area contributed by atoms with Crippen molar-refractivity contribution in [2.75, 3.05) is 11.7 Å². The Hall–Kier alpha value is -1.72. The van der Waals surface area contributed by atoms with Crippen molar-refractivity contribution in [1.29, 1.82) is 0 Å². The Balaban J connectivity index is 3.08. The van der Waals surface area contributed by atoms with E-state index in [4.69, 9.17) is 9.26 Å². The molecule has 0 aliphatic rings. The fourth-order valence-electron chi connectivity index (χ4n) is 1.77. The second kappa shape index (κ2) is 8.53. The number of benzene rings is 1. The Morgan fingerprint density at radius 3 is 2.04 bits per heavy atom. The molecule has 27 heavy (non-hydrogen) atoms. The molecular formula is C18H32N2O5Si2. The van der Waals surface area contributed by atoms with Crippen LogP contribution in [0.4, 0.5) is 16.2 Å². The van der Waals surface area contributed by atoms with E-state index in [1.54, 1.807) is 0 Å². The van der Waals surface area contributed by atoms with Gasteiger partial charge in [0.2, 0.25) is 8.32 Å². The number of carbonyl (C=O) groups excluding carboxylic acids is 1. The van der Waals surface area contributed by atoms with Gasteiger partial charge in [-0.2, -0.15) is 5.06 Å². The van der Waals surface area contributed by atoms with E-state index in [-0.39, 0.29) is 10.7 Å². The molecule has 0 saturated carbocycles. The van der Waals surface area contributed by atoms with Crippen LogP contribution in [0.1, 0.15) is 20.8 Å². The number of ether oxygens (including phenoxy) is 1. The number of amides is 1. The summed E-state index contributed by atoms with van der Waals surface area (Å²) in [6.07, 6.45) is -0.591. The van der Waals surface area contributed by atoms with E-state index in [1.807, 2.05) is 13.1 Å². The van der Waals surface area contributed by atoms with Gasteiger partial charge >= 0.3 is 6.09 Å². The van der Waals surface area contributed by atoms with Gasteiger partial charge in [-0.05, 0) is 36.3 Å². The maximum atomic E-state index is 12.7. The summed E-state index contributed by atoms with van der Waals surface area (Å²) in [5.74, 6) is 0. The zero-order valence-corrected chi connectivity index (χ0v) is 19.7. The quantitative estimate of drug-likeness (QED) is 0.320. The minimum Gasteiger partial charge on any atom is -0.448 e. The maximum Gasteiger partial charge on any atom is 0.437 e. The zero-order chi connectivity index (χ0) is 21.0. The smallest absolute Gasteiger partial charge is 0.437 e. The van der Waals surface area contributed by atoms with Crippen LogP contribution in [0.3, 0.4) is 0 Å². The summed E-state index contributed by atoms with van der Waals surface area (Å²) >= 11 is 0. The van der Waals surface area contributed by atoms with E-state index in [9.17, 15) is 14.9 Å². The molecule has 0 spiro atoms. The van der Waals surface area contributed by atoms with E-state index < -0.39 is 27.4 Å². The molecule has 0 unspecified atom stereocenters. The predicted molar refractivity (Wildman–Crippen MR) is 113 cm³/mol. The number of rotatable bonds is 7. The van der Waals surface area contributed by atoms with Crippen molar-refractivity contribution in [2.24, 2.45) is 0 Å². The lowest BCUT2D eigenvalue weighted by molar-refractivity contribution is -0.384. The first-order valence-corrected chi connectivity index (χ1v) is 15.7. The Morgan fingerprint density at radius 1 is 1.11 bits per heavy atom. The number of hydrogen-bond acceptors (Lipinski definition) is 5. The number of nitrogens with zero attached hydrogens (tertiary/aromatic N) is 2. The molecule has 0 fully saturated rings. The largest absolute Gasteiger partial charge is 0.448 e. The average Bonchev–Trinajstić information content (AvgIpc) is 2.50. The Morgan fingerprint density at radius 2 is 1.63 bits per heavy atom. The fourth-order valence-corrected chi connectivity index (χ4v) is 3.40. The molecule has 9 heteroatoms. The summed E-state index contributed by atoms with van der Waals surface area (Å²) in [6, 6.07) is 6.57. The second-order valence-electron chi connectivity index (χ2n) is 9.34. The monoisotopic (exact) mass is 412 g/mol. The Labute approximate surface area is 163 Å². The molecule has 0 aliphatic carbocycles. The first kappa shape index (κ1) is 23.3. The van der Waals surface area contributed by atoms with Gasteiger partial charge < -0.3 is 9.26 Å². The van der Waals surface area contributed by atoms with Gasteiger partial charge in [0.15, 0.2) is 0 Å². The molecule has 1 aromatic rings. The Bertz CT molecular complexity index is 664. The highest BCUT2D eigenvalue weighted by Gasteiger charge is 2.41. The third-order valence-corrected chi connectivity index (χ3v) is 10.6. The third kappa shape index (κ3) is 7.08. The minimum atomic E-state index is -2.32. The van der Waals surface area contributed by atoms with Crippen molar-refractivity contribution in [3.05, 3.63) is 34.4 Å². The minimum absolute atomic E-state index is 0.0434. The predicted octanol–water partition coefficient (Wildman–Crippen LogP) is 5.81. The van der Waals surface area contributed by atoms with Gasteiger partial charge in [-0.15, -0.1) is 0 Å². The van der Waals surface area contributed by atoms with Crippen molar-refractivity contribution >= 4 is 33.9 Å². The van der Waals surface area contributed by atoms with Crippen LogP contribution in [0.5, 0.6) is 0 Å². The number of nitro groups is 1. The number of hydrogen-bond donors (Lipinski definition) is 0. The molecule has 0 saturated heterocycles. The summed E-state index contributed by atoms with van der Waals surface area (Å²) < 4.78 is 11.6. The van der Waals surface area contributed by atoms with E-state index >= 15 is 0 Å². The molecule has 0 radical (unpaired) electrons. The lowest BCUT2D eigenvalue weighted by atomic mass is 10.2. The van der Waals surface area contributed by atoms with Crippen LogP contribution in [0.15, 0.2) is 24.3 Å². The molecule has 0 aromatic heterocycles. The highest BCUT2D eigenvalue weighted by Crippen LogP contribution is 2.38. The van der Waals surface area contributed by atoms with Crippen LogP contribution < -0.4 is 5.06 Å². The van der Waals surface area contributed by atoms with E-state index in [1.165, 1.54) is 24.3 Å². The molecule has 0 bridgehead atoms. The van der Waals surface area contributed by atoms with Crippen molar-refractivity contribution in [1.82, 2.24) is 0 Å². The lowest BCUT2D eigenvalue weighted by Gasteiger charge is -2.39. The first-order chi connectivity index (χ1) is 12.1. The standard InChI is InChI=1S/C18H32N2O5Si2/c1-18(2,3)27(7,8)25-19(17(21)24-13-14-26(4,5)6)15-9-11-16(12-10-15)20(22)23/h9-12H,13-14H2,1-8H3. The normalized spacial score (nSPS) is 12.6. The molecule has 1 amide bonds. The van der Waals surface area contributed by atoms with Gasteiger partial charge in [0.1, 0.15) is 0 Å². The SMILES string of the molecule is CC(C)(C)[Si](C)(C)ON(C(=O)OCC[Si](C)(C)C)c1ccc([N+](=O)[O-])cc1. The molecule has 152 valence electrons. The van der Waals surface area contributed by atoms with Gasteiger partial charge in [0.25, 0.3) is 5.69 Å². The molecule has 7 nitrogen and oxygen atoms in total. The van der Waals surface area contributed by atoms with Gasteiger partial charge in [-0.25, -0.2) is 4.79 Å².